The minimum Gasteiger partial charge on any atom is -0.425 e. The summed E-state index contributed by atoms with van der Waals surface area (Å²) in [6, 6.07) is 5.63. The molecule has 1 unspecified atom stereocenters. The Bertz CT molecular complexity index is 995. The number of ether oxygens (including phenoxy) is 1. The van der Waals surface area contributed by atoms with E-state index in [4.69, 9.17) is 15.5 Å². The Labute approximate surface area is 192 Å². The van der Waals surface area contributed by atoms with Gasteiger partial charge in [0.2, 0.25) is 0 Å². The lowest BCUT2D eigenvalue weighted by atomic mass is 9.85. The summed E-state index contributed by atoms with van der Waals surface area (Å²) >= 11 is 1.23. The number of aromatic amines is 1. The van der Waals surface area contributed by atoms with Crippen molar-refractivity contribution in [1.29, 1.82) is 0 Å². The van der Waals surface area contributed by atoms with Crippen molar-refractivity contribution < 1.29 is 14.3 Å². The minimum atomic E-state index is -0.718. The first-order valence-corrected chi connectivity index (χ1v) is 12.2. The van der Waals surface area contributed by atoms with Crippen molar-refractivity contribution in [3.63, 3.8) is 0 Å². The molecule has 0 spiro atoms. The number of nitrogens with one attached hydrogen (secondary N) is 1. The number of aromatic nitrogens is 2. The van der Waals surface area contributed by atoms with Gasteiger partial charge >= 0.3 is 5.97 Å². The largest absolute Gasteiger partial charge is 0.425 e. The predicted octanol–water partition coefficient (Wildman–Crippen LogP) is 3.68. The fourth-order valence-electron chi connectivity index (χ4n) is 3.92. The van der Waals surface area contributed by atoms with Crippen molar-refractivity contribution in [2.45, 2.75) is 70.0 Å². The zero-order chi connectivity index (χ0) is 23.1. The Morgan fingerprint density at radius 1 is 1.22 bits per heavy atom. The van der Waals surface area contributed by atoms with Gasteiger partial charge in [0.15, 0.2) is 10.9 Å². The van der Waals surface area contributed by atoms with Crippen molar-refractivity contribution in [3.05, 3.63) is 51.4 Å². The van der Waals surface area contributed by atoms with E-state index >= 15 is 0 Å². The van der Waals surface area contributed by atoms with Crippen LogP contribution in [0.25, 0.3) is 0 Å². The van der Waals surface area contributed by atoms with Gasteiger partial charge in [-0.25, -0.2) is 9.78 Å². The van der Waals surface area contributed by atoms with Gasteiger partial charge < -0.3 is 15.5 Å². The summed E-state index contributed by atoms with van der Waals surface area (Å²) in [5, 5.41) is 0.480. The lowest BCUT2D eigenvalue weighted by Crippen LogP contribution is -2.30. The third-order valence-electron chi connectivity index (χ3n) is 5.75. The standard InChI is InChI=1S/C24H31N3O4S/c1-3-19-20(13-16-7-5-4-6-8-16)26-24(27-22(19)29)32-14-21(28)17-9-11-18(12-10-17)31-23(30)15(2)25/h9-12,15-16H,3-8,13-14,25H2,1-2H3,(H,26,27,29). The molecule has 3 N–H and O–H groups in total. The smallest absolute Gasteiger partial charge is 0.328 e. The number of carbonyl (C=O) groups is 2. The second-order valence-electron chi connectivity index (χ2n) is 8.30. The van der Waals surface area contributed by atoms with Gasteiger partial charge in [0.05, 0.1) is 11.4 Å². The quantitative estimate of drug-likeness (QED) is 0.194. The molecular formula is C24H31N3O4S. The first kappa shape index (κ1) is 24.2. The van der Waals surface area contributed by atoms with Gasteiger partial charge in [0.25, 0.3) is 5.56 Å². The number of carbonyl (C=O) groups excluding carboxylic acids is 2. The summed E-state index contributed by atoms with van der Waals surface area (Å²) in [6.07, 6.45) is 7.63. The third kappa shape index (κ3) is 6.53. The van der Waals surface area contributed by atoms with Crippen molar-refractivity contribution in [1.82, 2.24) is 9.97 Å². The monoisotopic (exact) mass is 457 g/mol. The summed E-state index contributed by atoms with van der Waals surface area (Å²) in [5.41, 5.74) is 7.50. The van der Waals surface area contributed by atoms with E-state index in [1.165, 1.54) is 43.9 Å². The van der Waals surface area contributed by atoms with E-state index < -0.39 is 12.0 Å². The van der Waals surface area contributed by atoms with Crippen LogP contribution in [0.15, 0.2) is 34.2 Å². The molecule has 0 aliphatic heterocycles. The van der Waals surface area contributed by atoms with Crippen LogP contribution in [0.2, 0.25) is 0 Å². The number of thioether (sulfide) groups is 1. The summed E-state index contributed by atoms with van der Waals surface area (Å²) in [6.45, 7) is 3.52. The number of hydrogen-bond acceptors (Lipinski definition) is 7. The Morgan fingerprint density at radius 3 is 2.53 bits per heavy atom. The molecule has 0 amide bonds. The molecule has 1 heterocycles. The fourth-order valence-corrected chi connectivity index (χ4v) is 4.70. The zero-order valence-electron chi connectivity index (χ0n) is 18.7. The first-order chi connectivity index (χ1) is 15.4. The van der Waals surface area contributed by atoms with Gasteiger partial charge in [-0.05, 0) is 49.9 Å². The SMILES string of the molecule is CCc1c(CC2CCCCC2)nc(SCC(=O)c2ccc(OC(=O)C(C)N)cc2)[nH]c1=O. The van der Waals surface area contributed by atoms with Crippen LogP contribution in [-0.4, -0.2) is 33.5 Å². The highest BCUT2D eigenvalue weighted by Crippen LogP contribution is 2.27. The molecule has 1 aromatic heterocycles. The van der Waals surface area contributed by atoms with Gasteiger partial charge in [-0.3, -0.25) is 9.59 Å². The van der Waals surface area contributed by atoms with E-state index in [0.717, 1.165) is 17.7 Å². The molecule has 0 radical (unpaired) electrons. The van der Waals surface area contributed by atoms with Crippen molar-refractivity contribution >= 4 is 23.5 Å². The van der Waals surface area contributed by atoms with Gasteiger partial charge in [-0.2, -0.15) is 0 Å². The molecular weight excluding hydrogens is 426 g/mol. The fraction of sp³-hybridized carbons (Fsp3) is 0.500. The predicted molar refractivity (Wildman–Crippen MR) is 125 cm³/mol. The molecule has 1 fully saturated rings. The van der Waals surface area contributed by atoms with Crippen molar-refractivity contribution in [2.75, 3.05) is 5.75 Å². The summed E-state index contributed by atoms with van der Waals surface area (Å²) < 4.78 is 5.12. The molecule has 172 valence electrons. The Hall–Kier alpha value is -2.45. The Kier molecular flexibility index (Phi) is 8.64. The van der Waals surface area contributed by atoms with Crippen LogP contribution in [0, 0.1) is 5.92 Å². The number of nitrogens with zero attached hydrogens (tertiary/aromatic N) is 1. The summed E-state index contributed by atoms with van der Waals surface area (Å²) in [7, 11) is 0. The molecule has 3 rings (SSSR count). The van der Waals surface area contributed by atoms with E-state index in [1.807, 2.05) is 6.92 Å². The molecule has 1 aliphatic rings. The molecule has 8 heteroatoms. The summed E-state index contributed by atoms with van der Waals surface area (Å²) in [4.78, 5) is 44.3. The van der Waals surface area contributed by atoms with E-state index in [9.17, 15) is 14.4 Å². The van der Waals surface area contributed by atoms with Crippen molar-refractivity contribution in [2.24, 2.45) is 11.7 Å². The van der Waals surface area contributed by atoms with E-state index in [1.54, 1.807) is 31.2 Å². The molecule has 1 atom stereocenters. The molecule has 1 aromatic carbocycles. The van der Waals surface area contributed by atoms with Crippen LogP contribution in [-0.2, 0) is 17.6 Å². The van der Waals surface area contributed by atoms with Crippen molar-refractivity contribution in [3.8, 4) is 5.75 Å². The minimum absolute atomic E-state index is 0.101. The summed E-state index contributed by atoms with van der Waals surface area (Å²) in [5.74, 6) is 0.434. The maximum Gasteiger partial charge on any atom is 0.328 e. The molecule has 0 bridgehead atoms. The molecule has 2 aromatic rings. The maximum absolute atomic E-state index is 12.6. The van der Waals surface area contributed by atoms with Gasteiger partial charge in [0.1, 0.15) is 11.8 Å². The highest BCUT2D eigenvalue weighted by atomic mass is 32.2. The van der Waals surface area contributed by atoms with E-state index in [-0.39, 0.29) is 17.1 Å². The normalized spacial score (nSPS) is 15.3. The molecule has 0 saturated heterocycles. The highest BCUT2D eigenvalue weighted by molar-refractivity contribution is 7.99. The highest BCUT2D eigenvalue weighted by Gasteiger charge is 2.19. The number of esters is 1. The van der Waals surface area contributed by atoms with Crippen LogP contribution in [0.5, 0.6) is 5.75 Å². The van der Waals surface area contributed by atoms with Crippen LogP contribution in [0.3, 0.4) is 0 Å². The van der Waals surface area contributed by atoms with E-state index in [0.29, 0.717) is 28.8 Å². The number of H-pyrrole nitrogens is 1. The van der Waals surface area contributed by atoms with Crippen LogP contribution >= 0.6 is 11.8 Å². The third-order valence-corrected chi connectivity index (χ3v) is 6.62. The Balaban J connectivity index is 1.64. The van der Waals surface area contributed by atoms with Gasteiger partial charge in [-0.1, -0.05) is 50.8 Å². The van der Waals surface area contributed by atoms with Gasteiger partial charge in [-0.15, -0.1) is 0 Å². The van der Waals surface area contributed by atoms with Crippen LogP contribution in [0.1, 0.15) is 67.6 Å². The molecule has 1 aliphatic carbocycles. The Morgan fingerprint density at radius 2 is 1.91 bits per heavy atom. The average Bonchev–Trinajstić information content (AvgIpc) is 2.78. The second kappa shape index (κ2) is 11.4. The lowest BCUT2D eigenvalue weighted by molar-refractivity contribution is -0.135. The number of hydrogen-bond donors (Lipinski definition) is 2. The maximum atomic E-state index is 12.6. The number of Topliss-reactive ketones (excluding diaryl/α,β-unsaturated/α-hetero) is 1. The molecule has 1 saturated carbocycles. The van der Waals surface area contributed by atoms with E-state index in [2.05, 4.69) is 4.98 Å². The van der Waals surface area contributed by atoms with Crippen LogP contribution < -0.4 is 16.0 Å². The molecule has 7 nitrogen and oxygen atoms in total. The first-order valence-electron chi connectivity index (χ1n) is 11.2. The van der Waals surface area contributed by atoms with Gasteiger partial charge in [0, 0.05) is 11.1 Å². The zero-order valence-corrected chi connectivity index (χ0v) is 19.5. The number of ketones is 1. The average molecular weight is 458 g/mol. The number of nitrogens with two attached hydrogens (primary N) is 1. The topological polar surface area (TPSA) is 115 Å². The van der Waals surface area contributed by atoms with Crippen LogP contribution in [0.4, 0.5) is 0 Å². The molecule has 32 heavy (non-hydrogen) atoms. The second-order valence-corrected chi connectivity index (χ2v) is 9.27. The lowest BCUT2D eigenvalue weighted by Gasteiger charge is -2.22. The number of benzene rings is 1. The number of rotatable bonds is 9.